The van der Waals surface area contributed by atoms with Gasteiger partial charge in [0, 0.05) is 28.8 Å². The number of aryl methyl sites for hydroxylation is 2. The molecule has 0 spiro atoms. The second-order valence-corrected chi connectivity index (χ2v) is 5.82. The monoisotopic (exact) mass is 333 g/mol. The zero-order valence-electron chi connectivity index (χ0n) is 11.5. The van der Waals surface area contributed by atoms with Gasteiger partial charge in [0.2, 0.25) is 0 Å². The summed E-state index contributed by atoms with van der Waals surface area (Å²) in [7, 11) is 0. The Bertz CT molecular complexity index is 639. The fourth-order valence-corrected chi connectivity index (χ4v) is 3.46. The standard InChI is InChI=1S/C17H17BrFN/c1-12-7-8-16-13(10-12)4-3-9-20(16)17-6-2-5-15(19)14(17)11-18/h2,5-8,10H,3-4,9,11H2,1H3. The highest BCUT2D eigenvalue weighted by Crippen LogP contribution is 2.37. The third-order valence-corrected chi connectivity index (χ3v) is 4.43. The molecule has 1 aliphatic heterocycles. The minimum Gasteiger partial charge on any atom is -0.341 e. The van der Waals surface area contributed by atoms with Gasteiger partial charge in [-0.05, 0) is 43.5 Å². The van der Waals surface area contributed by atoms with Crippen LogP contribution in [0.5, 0.6) is 0 Å². The number of alkyl halides is 1. The molecule has 0 atom stereocenters. The Balaban J connectivity index is 2.11. The third kappa shape index (κ3) is 2.35. The van der Waals surface area contributed by atoms with E-state index in [4.69, 9.17) is 0 Å². The second-order valence-electron chi connectivity index (χ2n) is 5.26. The molecule has 1 heterocycles. The fraction of sp³-hybridized carbons (Fsp3) is 0.294. The van der Waals surface area contributed by atoms with E-state index < -0.39 is 0 Å². The van der Waals surface area contributed by atoms with E-state index in [1.807, 2.05) is 6.07 Å². The van der Waals surface area contributed by atoms with E-state index in [0.717, 1.165) is 30.6 Å². The number of rotatable bonds is 2. The summed E-state index contributed by atoms with van der Waals surface area (Å²) in [5, 5.41) is 0.534. The number of hydrogen-bond acceptors (Lipinski definition) is 1. The van der Waals surface area contributed by atoms with E-state index in [2.05, 4.69) is 46.0 Å². The van der Waals surface area contributed by atoms with Gasteiger partial charge >= 0.3 is 0 Å². The minimum atomic E-state index is -0.140. The lowest BCUT2D eigenvalue weighted by Crippen LogP contribution is -2.25. The van der Waals surface area contributed by atoms with Crippen molar-refractivity contribution in [3.05, 3.63) is 58.9 Å². The molecule has 0 aliphatic carbocycles. The summed E-state index contributed by atoms with van der Waals surface area (Å²) in [4.78, 5) is 2.25. The molecule has 104 valence electrons. The van der Waals surface area contributed by atoms with Crippen molar-refractivity contribution >= 4 is 27.3 Å². The van der Waals surface area contributed by atoms with Gasteiger partial charge in [-0.2, -0.15) is 0 Å². The SMILES string of the molecule is Cc1ccc2c(c1)CCCN2c1cccc(F)c1CBr. The van der Waals surface area contributed by atoms with Crippen molar-refractivity contribution in [1.29, 1.82) is 0 Å². The molecule has 1 nitrogen and oxygen atoms in total. The topological polar surface area (TPSA) is 3.24 Å². The molecule has 0 aromatic heterocycles. The van der Waals surface area contributed by atoms with Gasteiger partial charge in [-0.3, -0.25) is 0 Å². The first-order chi connectivity index (χ1) is 9.70. The van der Waals surface area contributed by atoms with E-state index in [1.165, 1.54) is 22.9 Å². The molecule has 3 heteroatoms. The number of hydrogen-bond donors (Lipinski definition) is 0. The van der Waals surface area contributed by atoms with Crippen LogP contribution in [0.15, 0.2) is 36.4 Å². The molecule has 3 rings (SSSR count). The lowest BCUT2D eigenvalue weighted by molar-refractivity contribution is 0.616. The summed E-state index contributed by atoms with van der Waals surface area (Å²) in [6, 6.07) is 11.9. The van der Waals surface area contributed by atoms with Gasteiger partial charge < -0.3 is 4.90 Å². The maximum Gasteiger partial charge on any atom is 0.129 e. The molecular weight excluding hydrogens is 317 g/mol. The summed E-state index contributed by atoms with van der Waals surface area (Å²) >= 11 is 3.41. The first kappa shape index (κ1) is 13.6. The fourth-order valence-electron chi connectivity index (χ4n) is 2.91. The van der Waals surface area contributed by atoms with Gasteiger partial charge in [-0.25, -0.2) is 4.39 Å². The Morgan fingerprint density at radius 3 is 2.85 bits per heavy atom. The van der Waals surface area contributed by atoms with Gasteiger partial charge in [0.05, 0.1) is 0 Å². The molecule has 0 amide bonds. The normalized spacial score (nSPS) is 14.2. The van der Waals surface area contributed by atoms with E-state index in [1.54, 1.807) is 6.07 Å². The number of halogens is 2. The number of benzene rings is 2. The van der Waals surface area contributed by atoms with Crippen LogP contribution in [0, 0.1) is 12.7 Å². The van der Waals surface area contributed by atoms with Crippen LogP contribution in [0.1, 0.15) is 23.1 Å². The van der Waals surface area contributed by atoms with Crippen LogP contribution in [-0.4, -0.2) is 6.54 Å². The number of fused-ring (bicyclic) bond motifs is 1. The molecule has 2 aromatic rings. The van der Waals surface area contributed by atoms with Gasteiger partial charge in [-0.1, -0.05) is 39.7 Å². The van der Waals surface area contributed by atoms with Crippen molar-refractivity contribution in [3.8, 4) is 0 Å². The average Bonchev–Trinajstić information content (AvgIpc) is 2.46. The molecule has 0 fully saturated rings. The highest BCUT2D eigenvalue weighted by molar-refractivity contribution is 9.08. The Hall–Kier alpha value is -1.35. The molecular formula is C17H17BrFN. The highest BCUT2D eigenvalue weighted by Gasteiger charge is 2.21. The largest absolute Gasteiger partial charge is 0.341 e. The average molecular weight is 334 g/mol. The van der Waals surface area contributed by atoms with Crippen LogP contribution in [0.2, 0.25) is 0 Å². The number of nitrogens with zero attached hydrogens (tertiary/aromatic N) is 1. The van der Waals surface area contributed by atoms with Crippen LogP contribution in [0.25, 0.3) is 0 Å². The molecule has 0 unspecified atom stereocenters. The lowest BCUT2D eigenvalue weighted by Gasteiger charge is -2.33. The van der Waals surface area contributed by atoms with Crippen molar-refractivity contribution in [3.63, 3.8) is 0 Å². The molecule has 0 bridgehead atoms. The zero-order chi connectivity index (χ0) is 14.1. The molecule has 0 N–H and O–H groups in total. The highest BCUT2D eigenvalue weighted by atomic mass is 79.9. The van der Waals surface area contributed by atoms with Crippen molar-refractivity contribution in [1.82, 2.24) is 0 Å². The van der Waals surface area contributed by atoms with E-state index >= 15 is 0 Å². The predicted octanol–water partition coefficient (Wildman–Crippen LogP) is 5.11. The van der Waals surface area contributed by atoms with Crippen LogP contribution >= 0.6 is 15.9 Å². The zero-order valence-corrected chi connectivity index (χ0v) is 13.1. The summed E-state index contributed by atoms with van der Waals surface area (Å²) in [5.74, 6) is -0.140. The van der Waals surface area contributed by atoms with Crippen LogP contribution in [0.3, 0.4) is 0 Å². The van der Waals surface area contributed by atoms with Crippen molar-refractivity contribution in [2.75, 3.05) is 11.4 Å². The van der Waals surface area contributed by atoms with Gasteiger partial charge in [-0.15, -0.1) is 0 Å². The van der Waals surface area contributed by atoms with E-state index in [-0.39, 0.29) is 5.82 Å². The first-order valence-corrected chi connectivity index (χ1v) is 8.03. The number of anilines is 2. The van der Waals surface area contributed by atoms with Gasteiger partial charge in [0.25, 0.3) is 0 Å². The van der Waals surface area contributed by atoms with Crippen molar-refractivity contribution in [2.24, 2.45) is 0 Å². The molecule has 1 aliphatic rings. The van der Waals surface area contributed by atoms with Crippen LogP contribution < -0.4 is 4.90 Å². The van der Waals surface area contributed by atoms with Gasteiger partial charge in [0.15, 0.2) is 0 Å². The lowest BCUT2D eigenvalue weighted by atomic mass is 9.98. The van der Waals surface area contributed by atoms with Crippen molar-refractivity contribution < 1.29 is 4.39 Å². The summed E-state index contributed by atoms with van der Waals surface area (Å²) < 4.78 is 14.0. The van der Waals surface area contributed by atoms with Crippen LogP contribution in [-0.2, 0) is 11.8 Å². The maximum atomic E-state index is 14.0. The molecule has 0 saturated heterocycles. The smallest absolute Gasteiger partial charge is 0.129 e. The van der Waals surface area contributed by atoms with E-state index in [0.29, 0.717) is 5.33 Å². The quantitative estimate of drug-likeness (QED) is 0.690. The first-order valence-electron chi connectivity index (χ1n) is 6.91. The summed E-state index contributed by atoms with van der Waals surface area (Å²) in [6.07, 6.45) is 2.21. The second kappa shape index (κ2) is 5.57. The van der Waals surface area contributed by atoms with E-state index in [9.17, 15) is 4.39 Å². The molecule has 0 saturated carbocycles. The Labute approximate surface area is 127 Å². The summed E-state index contributed by atoms with van der Waals surface area (Å²) in [5.41, 5.74) is 5.58. The Kier molecular flexibility index (Phi) is 3.79. The molecule has 20 heavy (non-hydrogen) atoms. The Morgan fingerprint density at radius 1 is 1.20 bits per heavy atom. The van der Waals surface area contributed by atoms with Crippen LogP contribution in [0.4, 0.5) is 15.8 Å². The van der Waals surface area contributed by atoms with Gasteiger partial charge in [0.1, 0.15) is 5.82 Å². The minimum absolute atomic E-state index is 0.140. The molecule has 2 aromatic carbocycles. The molecule has 0 radical (unpaired) electrons. The summed E-state index contributed by atoms with van der Waals surface area (Å²) in [6.45, 7) is 3.06. The third-order valence-electron chi connectivity index (χ3n) is 3.87. The Morgan fingerprint density at radius 2 is 2.05 bits per heavy atom. The predicted molar refractivity (Wildman–Crippen MR) is 85.5 cm³/mol. The maximum absolute atomic E-state index is 14.0. The van der Waals surface area contributed by atoms with Crippen molar-refractivity contribution in [2.45, 2.75) is 25.1 Å².